The van der Waals surface area contributed by atoms with Crippen LogP contribution in [-0.4, -0.2) is 18.2 Å². The Hall–Kier alpha value is -0.730. The summed E-state index contributed by atoms with van der Waals surface area (Å²) in [5.41, 5.74) is 2.09. The summed E-state index contributed by atoms with van der Waals surface area (Å²) in [7, 11) is 0. The Morgan fingerprint density at radius 2 is 2.29 bits per heavy atom. The van der Waals surface area contributed by atoms with Crippen molar-refractivity contribution in [3.63, 3.8) is 0 Å². The summed E-state index contributed by atoms with van der Waals surface area (Å²) in [6, 6.07) is 5.81. The van der Waals surface area contributed by atoms with Gasteiger partial charge >= 0.3 is 0 Å². The lowest BCUT2D eigenvalue weighted by atomic mass is 9.95. The Labute approximate surface area is 108 Å². The van der Waals surface area contributed by atoms with Crippen LogP contribution in [0, 0.1) is 5.92 Å². The van der Waals surface area contributed by atoms with Gasteiger partial charge in [0, 0.05) is 29.4 Å². The molecule has 1 aliphatic heterocycles. The lowest BCUT2D eigenvalue weighted by molar-refractivity contribution is 0.281. The van der Waals surface area contributed by atoms with Gasteiger partial charge in [0.2, 0.25) is 0 Å². The van der Waals surface area contributed by atoms with Gasteiger partial charge in [0.25, 0.3) is 0 Å². The quantitative estimate of drug-likeness (QED) is 0.892. The van der Waals surface area contributed by atoms with Crippen LogP contribution in [-0.2, 0) is 6.61 Å². The molecule has 94 valence electrons. The van der Waals surface area contributed by atoms with Crippen LogP contribution in [0.15, 0.2) is 18.2 Å². The fourth-order valence-electron chi connectivity index (χ4n) is 2.61. The minimum absolute atomic E-state index is 0.0587. The predicted molar refractivity (Wildman–Crippen MR) is 72.6 cm³/mol. The highest BCUT2D eigenvalue weighted by atomic mass is 35.5. The van der Waals surface area contributed by atoms with Gasteiger partial charge < -0.3 is 10.0 Å². The van der Waals surface area contributed by atoms with E-state index < -0.39 is 0 Å². The van der Waals surface area contributed by atoms with E-state index in [1.165, 1.54) is 19.3 Å². The number of nitrogens with zero attached hydrogens (tertiary/aromatic N) is 1. The van der Waals surface area contributed by atoms with Gasteiger partial charge in [-0.1, -0.05) is 24.9 Å². The van der Waals surface area contributed by atoms with Crippen LogP contribution in [0.1, 0.15) is 31.7 Å². The molecule has 0 bridgehead atoms. The van der Waals surface area contributed by atoms with Crippen LogP contribution in [0.3, 0.4) is 0 Å². The zero-order chi connectivity index (χ0) is 12.3. The maximum Gasteiger partial charge on any atom is 0.0702 e. The van der Waals surface area contributed by atoms with Gasteiger partial charge in [-0.2, -0.15) is 0 Å². The maximum atomic E-state index is 9.41. The molecular formula is C14H20ClNO. The summed E-state index contributed by atoms with van der Waals surface area (Å²) in [6.45, 7) is 4.50. The standard InChI is InChI=1S/C14H20ClNO/c1-2-11-4-3-7-16(9-11)14-6-5-13(15)8-12(14)10-17/h5-6,8,11,17H,2-4,7,9-10H2,1H3. The molecule has 1 heterocycles. The van der Waals surface area contributed by atoms with Gasteiger partial charge in [0.05, 0.1) is 6.61 Å². The minimum atomic E-state index is 0.0587. The Balaban J connectivity index is 2.20. The zero-order valence-electron chi connectivity index (χ0n) is 10.3. The second-order valence-corrected chi connectivity index (χ2v) is 5.23. The van der Waals surface area contributed by atoms with Gasteiger partial charge in [-0.25, -0.2) is 0 Å². The molecule has 3 heteroatoms. The van der Waals surface area contributed by atoms with E-state index in [-0.39, 0.29) is 6.61 Å². The molecular weight excluding hydrogens is 234 g/mol. The molecule has 1 aliphatic rings. The molecule has 1 aromatic carbocycles. The lowest BCUT2D eigenvalue weighted by Crippen LogP contribution is -2.35. The van der Waals surface area contributed by atoms with Crippen LogP contribution < -0.4 is 4.90 Å². The first kappa shape index (κ1) is 12.7. The number of hydrogen-bond donors (Lipinski definition) is 1. The van der Waals surface area contributed by atoms with Crippen LogP contribution in [0.5, 0.6) is 0 Å². The lowest BCUT2D eigenvalue weighted by Gasteiger charge is -2.35. The second-order valence-electron chi connectivity index (χ2n) is 4.79. The second kappa shape index (κ2) is 5.74. The van der Waals surface area contributed by atoms with Crippen molar-refractivity contribution in [2.24, 2.45) is 5.92 Å². The van der Waals surface area contributed by atoms with E-state index in [1.807, 2.05) is 18.2 Å². The first-order chi connectivity index (χ1) is 8.24. The molecule has 1 N–H and O–H groups in total. The Bertz CT molecular complexity index is 380. The van der Waals surface area contributed by atoms with Crippen molar-refractivity contribution >= 4 is 17.3 Å². The number of aliphatic hydroxyl groups excluding tert-OH is 1. The average molecular weight is 254 g/mol. The smallest absolute Gasteiger partial charge is 0.0702 e. The normalized spacial score (nSPS) is 20.6. The summed E-state index contributed by atoms with van der Waals surface area (Å²) in [4.78, 5) is 2.39. The van der Waals surface area contributed by atoms with E-state index in [9.17, 15) is 5.11 Å². The van der Waals surface area contributed by atoms with E-state index >= 15 is 0 Å². The van der Waals surface area contributed by atoms with E-state index in [1.54, 1.807) is 0 Å². The number of anilines is 1. The topological polar surface area (TPSA) is 23.5 Å². The van der Waals surface area contributed by atoms with Crippen LogP contribution in [0.25, 0.3) is 0 Å². The third-order valence-electron chi connectivity index (χ3n) is 3.65. The summed E-state index contributed by atoms with van der Waals surface area (Å²) in [6.07, 6.45) is 3.81. The molecule has 1 aromatic rings. The molecule has 1 unspecified atom stereocenters. The van der Waals surface area contributed by atoms with E-state index in [4.69, 9.17) is 11.6 Å². The first-order valence-electron chi connectivity index (χ1n) is 6.38. The van der Waals surface area contributed by atoms with Crippen molar-refractivity contribution in [2.75, 3.05) is 18.0 Å². The average Bonchev–Trinajstić information content (AvgIpc) is 2.38. The minimum Gasteiger partial charge on any atom is -0.392 e. The fourth-order valence-corrected chi connectivity index (χ4v) is 2.80. The maximum absolute atomic E-state index is 9.41. The van der Waals surface area contributed by atoms with Gasteiger partial charge in [-0.05, 0) is 37.0 Å². The molecule has 0 aromatic heterocycles. The van der Waals surface area contributed by atoms with Crippen molar-refractivity contribution in [3.05, 3.63) is 28.8 Å². The number of hydrogen-bond acceptors (Lipinski definition) is 2. The highest BCUT2D eigenvalue weighted by molar-refractivity contribution is 6.30. The Kier molecular flexibility index (Phi) is 4.30. The number of aliphatic hydroxyl groups is 1. The molecule has 17 heavy (non-hydrogen) atoms. The largest absolute Gasteiger partial charge is 0.392 e. The molecule has 1 saturated heterocycles. The third kappa shape index (κ3) is 2.93. The van der Waals surface area contributed by atoms with E-state index in [0.717, 1.165) is 30.3 Å². The number of halogens is 1. The molecule has 0 aliphatic carbocycles. The number of rotatable bonds is 3. The molecule has 0 radical (unpaired) electrons. The van der Waals surface area contributed by atoms with Gasteiger partial charge in [-0.3, -0.25) is 0 Å². The Morgan fingerprint density at radius 1 is 1.47 bits per heavy atom. The third-order valence-corrected chi connectivity index (χ3v) is 3.88. The number of benzene rings is 1. The fraction of sp³-hybridized carbons (Fsp3) is 0.571. The zero-order valence-corrected chi connectivity index (χ0v) is 11.1. The van der Waals surface area contributed by atoms with Crippen molar-refractivity contribution in [3.8, 4) is 0 Å². The molecule has 0 amide bonds. The van der Waals surface area contributed by atoms with E-state index in [0.29, 0.717) is 5.02 Å². The van der Waals surface area contributed by atoms with Crippen molar-refractivity contribution in [2.45, 2.75) is 32.8 Å². The Morgan fingerprint density at radius 3 is 3.00 bits per heavy atom. The van der Waals surface area contributed by atoms with Gasteiger partial charge in [-0.15, -0.1) is 0 Å². The van der Waals surface area contributed by atoms with Gasteiger partial charge in [0.15, 0.2) is 0 Å². The summed E-state index contributed by atoms with van der Waals surface area (Å²) in [5, 5.41) is 10.1. The summed E-state index contributed by atoms with van der Waals surface area (Å²) >= 11 is 5.96. The molecule has 1 atom stereocenters. The van der Waals surface area contributed by atoms with E-state index in [2.05, 4.69) is 11.8 Å². The predicted octanol–water partition coefficient (Wildman–Crippen LogP) is 3.46. The highest BCUT2D eigenvalue weighted by Gasteiger charge is 2.20. The SMILES string of the molecule is CCC1CCCN(c2ccc(Cl)cc2CO)C1. The monoisotopic (exact) mass is 253 g/mol. The summed E-state index contributed by atoms with van der Waals surface area (Å²) < 4.78 is 0. The van der Waals surface area contributed by atoms with Crippen molar-refractivity contribution < 1.29 is 5.11 Å². The molecule has 0 spiro atoms. The van der Waals surface area contributed by atoms with Crippen LogP contribution >= 0.6 is 11.6 Å². The molecule has 1 fully saturated rings. The van der Waals surface area contributed by atoms with Crippen molar-refractivity contribution in [1.82, 2.24) is 0 Å². The van der Waals surface area contributed by atoms with Crippen molar-refractivity contribution in [1.29, 1.82) is 0 Å². The van der Waals surface area contributed by atoms with Gasteiger partial charge in [0.1, 0.15) is 0 Å². The summed E-state index contributed by atoms with van der Waals surface area (Å²) in [5.74, 6) is 0.783. The highest BCUT2D eigenvalue weighted by Crippen LogP contribution is 2.29. The number of piperidine rings is 1. The first-order valence-corrected chi connectivity index (χ1v) is 6.76. The molecule has 2 nitrogen and oxygen atoms in total. The van der Waals surface area contributed by atoms with Crippen LogP contribution in [0.4, 0.5) is 5.69 Å². The molecule has 2 rings (SSSR count). The van der Waals surface area contributed by atoms with Crippen LogP contribution in [0.2, 0.25) is 5.02 Å². The molecule has 0 saturated carbocycles.